The van der Waals surface area contributed by atoms with E-state index in [1.807, 2.05) is 4.90 Å². The van der Waals surface area contributed by atoms with Gasteiger partial charge in [0.15, 0.2) is 0 Å². The zero-order valence-electron chi connectivity index (χ0n) is 18.0. The lowest BCUT2D eigenvalue weighted by molar-refractivity contribution is -0.142. The molecular weight excluding hydrogens is 362 g/mol. The zero-order valence-corrected chi connectivity index (χ0v) is 18.0. The summed E-state index contributed by atoms with van der Waals surface area (Å²) >= 11 is 0. The number of hydrogen-bond donors (Lipinski definition) is 0. The normalized spacial score (nSPS) is 21.6. The maximum absolute atomic E-state index is 12.9. The van der Waals surface area contributed by atoms with E-state index in [0.29, 0.717) is 17.7 Å². The predicted molar refractivity (Wildman–Crippen MR) is 114 cm³/mol. The van der Waals surface area contributed by atoms with E-state index in [1.165, 1.54) is 11.1 Å². The molecular formula is C24H35N3O2. The van der Waals surface area contributed by atoms with Crippen LogP contribution in [0.2, 0.25) is 0 Å². The van der Waals surface area contributed by atoms with Gasteiger partial charge in [0.2, 0.25) is 11.8 Å². The van der Waals surface area contributed by atoms with E-state index >= 15 is 0 Å². The Hall–Kier alpha value is -1.88. The van der Waals surface area contributed by atoms with Crippen molar-refractivity contribution in [1.29, 1.82) is 0 Å². The van der Waals surface area contributed by atoms with Gasteiger partial charge in [0.05, 0.1) is 0 Å². The van der Waals surface area contributed by atoms with Gasteiger partial charge in [0, 0.05) is 57.6 Å². The first-order chi connectivity index (χ1) is 14.0. The fourth-order valence-electron chi connectivity index (χ4n) is 4.59. The first-order valence-corrected chi connectivity index (χ1v) is 11.4. The molecule has 2 saturated heterocycles. The minimum Gasteiger partial charge on any atom is -0.342 e. The lowest BCUT2D eigenvalue weighted by atomic mass is 9.94. The number of nitrogens with zero attached hydrogens (tertiary/aromatic N) is 3. The fourth-order valence-corrected chi connectivity index (χ4v) is 4.59. The molecule has 0 radical (unpaired) electrons. The Balaban J connectivity index is 1.21. The minimum absolute atomic E-state index is 0.105. The molecule has 1 aromatic rings. The van der Waals surface area contributed by atoms with Gasteiger partial charge in [-0.05, 0) is 42.7 Å². The minimum atomic E-state index is 0.105. The summed E-state index contributed by atoms with van der Waals surface area (Å²) in [6.45, 7) is 10.5. The second-order valence-electron chi connectivity index (χ2n) is 9.37. The largest absolute Gasteiger partial charge is 0.342 e. The van der Waals surface area contributed by atoms with Crippen molar-refractivity contribution in [3.63, 3.8) is 0 Å². The van der Waals surface area contributed by atoms with Gasteiger partial charge in [-0.3, -0.25) is 14.5 Å². The number of hydrogen-bond acceptors (Lipinski definition) is 3. The number of carbonyl (C=O) groups is 2. The van der Waals surface area contributed by atoms with E-state index in [0.717, 1.165) is 71.5 Å². The summed E-state index contributed by atoms with van der Waals surface area (Å²) in [5.74, 6) is 1.60. The van der Waals surface area contributed by atoms with Crippen molar-refractivity contribution in [2.45, 2.75) is 52.0 Å². The van der Waals surface area contributed by atoms with E-state index in [9.17, 15) is 9.59 Å². The highest BCUT2D eigenvalue weighted by Crippen LogP contribution is 2.32. The van der Waals surface area contributed by atoms with Crippen molar-refractivity contribution >= 4 is 11.8 Å². The van der Waals surface area contributed by atoms with E-state index < -0.39 is 0 Å². The lowest BCUT2D eigenvalue weighted by Crippen LogP contribution is -2.51. The molecule has 0 aromatic heterocycles. The van der Waals surface area contributed by atoms with Crippen molar-refractivity contribution in [2.24, 2.45) is 11.8 Å². The average Bonchev–Trinajstić information content (AvgIpc) is 3.59. The molecule has 1 aromatic carbocycles. The molecule has 29 heavy (non-hydrogen) atoms. The molecule has 0 spiro atoms. The van der Waals surface area contributed by atoms with E-state index in [1.54, 1.807) is 0 Å². The number of likely N-dealkylation sites (tertiary alicyclic amines) is 1. The maximum Gasteiger partial charge on any atom is 0.225 e. The number of benzene rings is 1. The Morgan fingerprint density at radius 3 is 1.83 bits per heavy atom. The summed E-state index contributed by atoms with van der Waals surface area (Å²) < 4.78 is 0. The first-order valence-electron chi connectivity index (χ1n) is 11.4. The van der Waals surface area contributed by atoms with Crippen LogP contribution < -0.4 is 0 Å². The van der Waals surface area contributed by atoms with Crippen molar-refractivity contribution in [1.82, 2.24) is 14.7 Å². The van der Waals surface area contributed by atoms with Crippen LogP contribution >= 0.6 is 0 Å². The molecule has 2 amide bonds. The van der Waals surface area contributed by atoms with Crippen molar-refractivity contribution in [2.75, 3.05) is 39.3 Å². The number of piperidine rings is 1. The molecule has 2 heterocycles. The molecule has 5 nitrogen and oxygen atoms in total. The van der Waals surface area contributed by atoms with Crippen LogP contribution in [0.3, 0.4) is 0 Å². The van der Waals surface area contributed by atoms with Crippen LogP contribution in [0.4, 0.5) is 0 Å². The van der Waals surface area contributed by atoms with Gasteiger partial charge in [0.25, 0.3) is 0 Å². The summed E-state index contributed by atoms with van der Waals surface area (Å²) in [5, 5.41) is 0. The lowest BCUT2D eigenvalue weighted by Gasteiger charge is -2.38. The Morgan fingerprint density at radius 1 is 0.793 bits per heavy atom. The standard InChI is InChI=1S/C24H35N3O2/c1-18(2)20-5-3-19(4-6-20)17-25-13-15-27(16-14-25)24(29)22-9-11-26(12-10-22)23(28)21-7-8-21/h3-6,18,21-22H,7-17H2,1-2H3. The topological polar surface area (TPSA) is 43.9 Å². The molecule has 4 rings (SSSR count). The van der Waals surface area contributed by atoms with Gasteiger partial charge in [-0.1, -0.05) is 38.1 Å². The summed E-state index contributed by atoms with van der Waals surface area (Å²) in [6.07, 6.45) is 3.78. The summed E-state index contributed by atoms with van der Waals surface area (Å²) in [4.78, 5) is 31.6. The number of rotatable bonds is 5. The molecule has 0 atom stereocenters. The second kappa shape index (κ2) is 8.86. The second-order valence-corrected chi connectivity index (χ2v) is 9.37. The van der Waals surface area contributed by atoms with Gasteiger partial charge in [-0.25, -0.2) is 0 Å². The Kier molecular flexibility index (Phi) is 6.23. The SMILES string of the molecule is CC(C)c1ccc(CN2CCN(C(=O)C3CCN(C(=O)C4CC4)CC3)CC2)cc1. The van der Waals surface area contributed by atoms with Gasteiger partial charge in [-0.2, -0.15) is 0 Å². The maximum atomic E-state index is 12.9. The first kappa shape index (κ1) is 20.4. The van der Waals surface area contributed by atoms with Crippen LogP contribution in [0.25, 0.3) is 0 Å². The number of piperazine rings is 1. The zero-order chi connectivity index (χ0) is 20.4. The molecule has 0 N–H and O–H groups in total. The molecule has 0 bridgehead atoms. The third-order valence-corrected chi connectivity index (χ3v) is 6.82. The fraction of sp³-hybridized carbons (Fsp3) is 0.667. The molecule has 3 aliphatic rings. The van der Waals surface area contributed by atoms with Crippen LogP contribution in [0.5, 0.6) is 0 Å². The Labute approximate surface area is 175 Å². The highest BCUT2D eigenvalue weighted by molar-refractivity contribution is 5.82. The molecule has 0 unspecified atom stereocenters. The van der Waals surface area contributed by atoms with Crippen molar-refractivity contribution in [3.05, 3.63) is 35.4 Å². The van der Waals surface area contributed by atoms with Gasteiger partial charge in [0.1, 0.15) is 0 Å². The number of amides is 2. The summed E-state index contributed by atoms with van der Waals surface area (Å²) in [7, 11) is 0. The highest BCUT2D eigenvalue weighted by atomic mass is 16.2. The summed E-state index contributed by atoms with van der Waals surface area (Å²) in [6, 6.07) is 8.95. The predicted octanol–water partition coefficient (Wildman–Crippen LogP) is 3.10. The average molecular weight is 398 g/mol. The Morgan fingerprint density at radius 2 is 1.31 bits per heavy atom. The molecule has 3 fully saturated rings. The van der Waals surface area contributed by atoms with Crippen LogP contribution in [-0.4, -0.2) is 65.8 Å². The van der Waals surface area contributed by atoms with E-state index in [2.05, 4.69) is 47.9 Å². The van der Waals surface area contributed by atoms with Crippen molar-refractivity contribution in [3.8, 4) is 0 Å². The highest BCUT2D eigenvalue weighted by Gasteiger charge is 2.37. The van der Waals surface area contributed by atoms with Crippen LogP contribution in [0.1, 0.15) is 56.6 Å². The van der Waals surface area contributed by atoms with Gasteiger partial charge in [-0.15, -0.1) is 0 Å². The van der Waals surface area contributed by atoms with Gasteiger partial charge < -0.3 is 9.80 Å². The van der Waals surface area contributed by atoms with Crippen LogP contribution in [-0.2, 0) is 16.1 Å². The quantitative estimate of drug-likeness (QED) is 0.767. The molecule has 1 saturated carbocycles. The molecule has 1 aliphatic carbocycles. The summed E-state index contributed by atoms with van der Waals surface area (Å²) in [5.41, 5.74) is 2.73. The van der Waals surface area contributed by atoms with Crippen LogP contribution in [0.15, 0.2) is 24.3 Å². The molecule has 5 heteroatoms. The van der Waals surface area contributed by atoms with E-state index in [-0.39, 0.29) is 11.8 Å². The van der Waals surface area contributed by atoms with Gasteiger partial charge >= 0.3 is 0 Å². The Bertz CT molecular complexity index is 710. The molecule has 2 aliphatic heterocycles. The smallest absolute Gasteiger partial charge is 0.225 e. The third kappa shape index (κ3) is 5.00. The van der Waals surface area contributed by atoms with Crippen LogP contribution in [0, 0.1) is 11.8 Å². The monoisotopic (exact) mass is 397 g/mol. The van der Waals surface area contributed by atoms with E-state index in [4.69, 9.17) is 0 Å². The molecule has 158 valence electrons. The van der Waals surface area contributed by atoms with Crippen molar-refractivity contribution < 1.29 is 9.59 Å². The third-order valence-electron chi connectivity index (χ3n) is 6.82. The number of carbonyl (C=O) groups excluding carboxylic acids is 2.